The van der Waals surface area contributed by atoms with Crippen LogP contribution in [-0.2, 0) is 19.1 Å². The van der Waals surface area contributed by atoms with Crippen molar-refractivity contribution in [1.82, 2.24) is 10.3 Å². The average Bonchev–Trinajstić information content (AvgIpc) is 2.61. The molecule has 0 aliphatic heterocycles. The number of carbonyl (C=O) groups is 2. The second-order valence-corrected chi connectivity index (χ2v) is 7.33. The molecule has 9 heteroatoms. The van der Waals surface area contributed by atoms with Crippen LogP contribution in [-0.4, -0.2) is 60.7 Å². The van der Waals surface area contributed by atoms with Crippen molar-refractivity contribution in [2.75, 3.05) is 38.7 Å². The highest BCUT2D eigenvalue weighted by Gasteiger charge is 2.02. The summed E-state index contributed by atoms with van der Waals surface area (Å²) in [6.07, 6.45) is 2.82. The van der Waals surface area contributed by atoms with E-state index in [1.165, 1.54) is 0 Å². The van der Waals surface area contributed by atoms with Crippen LogP contribution >= 0.6 is 21.6 Å². The fourth-order valence-electron chi connectivity index (χ4n) is 1.63. The molecule has 2 N–H and O–H groups in total. The highest BCUT2D eigenvalue weighted by molar-refractivity contribution is 8.76. The zero-order valence-corrected chi connectivity index (χ0v) is 15.7. The van der Waals surface area contributed by atoms with Gasteiger partial charge >= 0.3 is 5.97 Å². The lowest BCUT2D eigenvalue weighted by Crippen LogP contribution is -2.27. The minimum absolute atomic E-state index is 0.00245. The van der Waals surface area contributed by atoms with Crippen molar-refractivity contribution in [2.45, 2.75) is 24.3 Å². The molecule has 0 spiro atoms. The van der Waals surface area contributed by atoms with Crippen LogP contribution in [0.15, 0.2) is 29.4 Å². The minimum Gasteiger partial charge on any atom is -0.481 e. The number of carboxylic acid groups (broad SMARTS) is 1. The van der Waals surface area contributed by atoms with E-state index >= 15 is 0 Å². The van der Waals surface area contributed by atoms with Crippen molar-refractivity contribution < 1.29 is 24.2 Å². The quantitative estimate of drug-likeness (QED) is 0.349. The van der Waals surface area contributed by atoms with E-state index in [9.17, 15) is 9.59 Å². The predicted molar refractivity (Wildman–Crippen MR) is 98.7 cm³/mol. The number of hydrogen-bond acceptors (Lipinski definition) is 7. The molecule has 0 saturated heterocycles. The zero-order valence-electron chi connectivity index (χ0n) is 14.0. The molecule has 0 bridgehead atoms. The van der Waals surface area contributed by atoms with E-state index in [-0.39, 0.29) is 12.3 Å². The van der Waals surface area contributed by atoms with Gasteiger partial charge in [0.1, 0.15) is 5.03 Å². The van der Waals surface area contributed by atoms with Gasteiger partial charge in [-0.1, -0.05) is 16.9 Å². The van der Waals surface area contributed by atoms with Crippen LogP contribution in [0.4, 0.5) is 0 Å². The molecular weight excluding hydrogens is 364 g/mol. The standard InChI is InChI=1S/C16H24N2O5S2/c19-14(6-13-24-25-15-4-1-2-7-18-15)17-8-10-23-12-11-22-9-3-5-16(20)21/h1-2,4,7H,3,5-6,8-13H2,(H,17,19)(H,20,21). The molecule has 1 heterocycles. The Balaban J connectivity index is 1.83. The van der Waals surface area contributed by atoms with E-state index in [0.717, 1.165) is 10.8 Å². The molecule has 0 aliphatic rings. The third kappa shape index (κ3) is 13.7. The Hall–Kier alpha value is -1.29. The van der Waals surface area contributed by atoms with Gasteiger partial charge in [-0.25, -0.2) is 4.98 Å². The lowest BCUT2D eigenvalue weighted by molar-refractivity contribution is -0.137. The van der Waals surface area contributed by atoms with Crippen LogP contribution in [0.25, 0.3) is 0 Å². The average molecular weight is 389 g/mol. The summed E-state index contributed by atoms with van der Waals surface area (Å²) in [6.45, 7) is 2.17. The first-order chi connectivity index (χ1) is 12.2. The Morgan fingerprint density at radius 1 is 1.12 bits per heavy atom. The Bertz CT molecular complexity index is 491. The lowest BCUT2D eigenvalue weighted by Gasteiger charge is -2.07. The van der Waals surface area contributed by atoms with E-state index in [1.54, 1.807) is 27.8 Å². The normalized spacial score (nSPS) is 10.6. The summed E-state index contributed by atoms with van der Waals surface area (Å²) in [7, 11) is 3.16. The number of amides is 1. The Kier molecular flexibility index (Phi) is 13.1. The van der Waals surface area contributed by atoms with Gasteiger partial charge in [0.25, 0.3) is 0 Å². The molecule has 1 aromatic heterocycles. The fraction of sp³-hybridized carbons (Fsp3) is 0.562. The zero-order chi connectivity index (χ0) is 18.2. The molecular formula is C16H24N2O5S2. The predicted octanol–water partition coefficient (Wildman–Crippen LogP) is 2.23. The van der Waals surface area contributed by atoms with Gasteiger partial charge in [-0.3, -0.25) is 9.59 Å². The number of carboxylic acids is 1. The van der Waals surface area contributed by atoms with E-state index in [1.807, 2.05) is 18.2 Å². The molecule has 140 valence electrons. The molecule has 0 aliphatic carbocycles. The number of pyridine rings is 1. The van der Waals surface area contributed by atoms with Gasteiger partial charge in [-0.15, -0.1) is 0 Å². The number of ether oxygens (including phenoxy) is 2. The summed E-state index contributed by atoms with van der Waals surface area (Å²) in [5, 5.41) is 12.2. The van der Waals surface area contributed by atoms with Crippen molar-refractivity contribution in [3.63, 3.8) is 0 Å². The monoisotopic (exact) mass is 388 g/mol. The molecule has 0 atom stereocenters. The summed E-state index contributed by atoms with van der Waals surface area (Å²) >= 11 is 0. The number of aliphatic carboxylic acids is 1. The van der Waals surface area contributed by atoms with Crippen molar-refractivity contribution in [2.24, 2.45) is 0 Å². The van der Waals surface area contributed by atoms with E-state index in [4.69, 9.17) is 14.6 Å². The van der Waals surface area contributed by atoms with Gasteiger partial charge in [-0.05, 0) is 29.3 Å². The third-order valence-electron chi connectivity index (χ3n) is 2.81. The maximum Gasteiger partial charge on any atom is 0.303 e. The van der Waals surface area contributed by atoms with Crippen molar-refractivity contribution in [3.8, 4) is 0 Å². The first-order valence-electron chi connectivity index (χ1n) is 8.03. The Morgan fingerprint density at radius 3 is 2.64 bits per heavy atom. The fourth-order valence-corrected chi connectivity index (χ4v) is 3.50. The molecule has 0 radical (unpaired) electrons. The van der Waals surface area contributed by atoms with Gasteiger partial charge in [0.05, 0.1) is 19.8 Å². The lowest BCUT2D eigenvalue weighted by atomic mass is 10.3. The molecule has 0 fully saturated rings. The maximum atomic E-state index is 11.6. The Morgan fingerprint density at radius 2 is 1.92 bits per heavy atom. The van der Waals surface area contributed by atoms with Gasteiger partial charge < -0.3 is 19.9 Å². The van der Waals surface area contributed by atoms with Crippen LogP contribution in [0, 0.1) is 0 Å². The smallest absolute Gasteiger partial charge is 0.303 e. The van der Waals surface area contributed by atoms with Crippen LogP contribution in [0.2, 0.25) is 0 Å². The molecule has 1 amide bonds. The molecule has 25 heavy (non-hydrogen) atoms. The van der Waals surface area contributed by atoms with Crippen molar-refractivity contribution >= 4 is 33.5 Å². The van der Waals surface area contributed by atoms with Gasteiger partial charge in [0, 0.05) is 37.9 Å². The van der Waals surface area contributed by atoms with E-state index < -0.39 is 5.97 Å². The number of aromatic nitrogens is 1. The Labute approximate surface area is 155 Å². The molecule has 0 saturated carbocycles. The maximum absolute atomic E-state index is 11.6. The second-order valence-electron chi connectivity index (χ2n) is 4.90. The SMILES string of the molecule is O=C(O)CCCOCCOCCNC(=O)CCSSc1ccccn1. The van der Waals surface area contributed by atoms with E-state index in [2.05, 4.69) is 10.3 Å². The van der Waals surface area contributed by atoms with Crippen LogP contribution in [0.3, 0.4) is 0 Å². The van der Waals surface area contributed by atoms with Gasteiger partial charge in [-0.2, -0.15) is 0 Å². The van der Waals surface area contributed by atoms with Gasteiger partial charge in [0.15, 0.2) is 0 Å². The molecule has 0 unspecified atom stereocenters. The topological polar surface area (TPSA) is 97.8 Å². The summed E-state index contributed by atoms with van der Waals surface area (Å²) in [4.78, 5) is 26.1. The second kappa shape index (κ2) is 15.0. The first-order valence-corrected chi connectivity index (χ1v) is 10.3. The molecule has 7 nitrogen and oxygen atoms in total. The van der Waals surface area contributed by atoms with Crippen LogP contribution in [0.1, 0.15) is 19.3 Å². The summed E-state index contributed by atoms with van der Waals surface area (Å²) < 4.78 is 10.5. The van der Waals surface area contributed by atoms with E-state index in [0.29, 0.717) is 45.8 Å². The summed E-state index contributed by atoms with van der Waals surface area (Å²) in [6, 6.07) is 5.74. The summed E-state index contributed by atoms with van der Waals surface area (Å²) in [5.41, 5.74) is 0. The largest absolute Gasteiger partial charge is 0.481 e. The van der Waals surface area contributed by atoms with Crippen LogP contribution in [0.5, 0.6) is 0 Å². The van der Waals surface area contributed by atoms with Crippen LogP contribution < -0.4 is 5.32 Å². The van der Waals surface area contributed by atoms with Crippen molar-refractivity contribution in [1.29, 1.82) is 0 Å². The number of hydrogen-bond donors (Lipinski definition) is 2. The third-order valence-corrected chi connectivity index (χ3v) is 5.08. The molecule has 1 aromatic rings. The molecule has 1 rings (SSSR count). The summed E-state index contributed by atoms with van der Waals surface area (Å²) in [5.74, 6) is -0.0926. The van der Waals surface area contributed by atoms with Crippen molar-refractivity contribution in [3.05, 3.63) is 24.4 Å². The minimum atomic E-state index is -0.815. The van der Waals surface area contributed by atoms with Gasteiger partial charge in [0.2, 0.25) is 5.91 Å². The highest BCUT2D eigenvalue weighted by atomic mass is 33.1. The molecule has 0 aromatic carbocycles. The first kappa shape index (κ1) is 21.8. The number of rotatable bonds is 15. The highest BCUT2D eigenvalue weighted by Crippen LogP contribution is 2.29. The number of nitrogens with zero attached hydrogens (tertiary/aromatic N) is 1. The number of nitrogens with one attached hydrogen (secondary N) is 1. The number of carbonyl (C=O) groups excluding carboxylic acids is 1.